The Labute approximate surface area is 97.7 Å². The van der Waals surface area contributed by atoms with Gasteiger partial charge in [-0.05, 0) is 32.4 Å². The number of amides is 1. The van der Waals surface area contributed by atoms with Gasteiger partial charge in [-0.2, -0.15) is 5.10 Å². The minimum Gasteiger partial charge on any atom is -0.306 e. The van der Waals surface area contributed by atoms with Gasteiger partial charge in [0.2, 0.25) is 0 Å². The van der Waals surface area contributed by atoms with Crippen molar-refractivity contribution in [1.29, 1.82) is 0 Å². The van der Waals surface area contributed by atoms with Crippen molar-refractivity contribution in [3.63, 3.8) is 0 Å². The summed E-state index contributed by atoms with van der Waals surface area (Å²) in [6.07, 6.45) is 1.68. The van der Waals surface area contributed by atoms with Gasteiger partial charge in [-0.3, -0.25) is 9.89 Å². The number of hydrogen-bond donors (Lipinski definition) is 2. The standard InChI is InChI=1S/C11H13N3OS/c1-6-4-9(16-8(6)3)11(15)13-10-7(2)5-12-14-10/h4-5H,1-3H3,(H2,12,13,14,15). The molecule has 0 saturated carbocycles. The second-order valence-corrected chi connectivity index (χ2v) is 4.99. The summed E-state index contributed by atoms with van der Waals surface area (Å²) in [6.45, 7) is 5.91. The van der Waals surface area contributed by atoms with E-state index < -0.39 is 0 Å². The summed E-state index contributed by atoms with van der Waals surface area (Å²) in [5.41, 5.74) is 2.08. The molecule has 4 nitrogen and oxygen atoms in total. The first-order chi connectivity index (χ1) is 7.58. The van der Waals surface area contributed by atoms with Crippen LogP contribution in [0.5, 0.6) is 0 Å². The summed E-state index contributed by atoms with van der Waals surface area (Å²) in [5, 5.41) is 9.41. The first-order valence-electron chi connectivity index (χ1n) is 4.96. The lowest BCUT2D eigenvalue weighted by atomic mass is 10.3. The summed E-state index contributed by atoms with van der Waals surface area (Å²) in [7, 11) is 0. The summed E-state index contributed by atoms with van der Waals surface area (Å²) in [6, 6.07) is 1.90. The van der Waals surface area contributed by atoms with E-state index in [4.69, 9.17) is 0 Å². The lowest BCUT2D eigenvalue weighted by molar-refractivity contribution is 0.103. The lowest BCUT2D eigenvalue weighted by Crippen LogP contribution is -2.11. The van der Waals surface area contributed by atoms with Gasteiger partial charge in [0.15, 0.2) is 0 Å². The van der Waals surface area contributed by atoms with Crippen molar-refractivity contribution in [2.45, 2.75) is 20.8 Å². The van der Waals surface area contributed by atoms with Crippen molar-refractivity contribution in [2.24, 2.45) is 0 Å². The predicted molar refractivity (Wildman–Crippen MR) is 65.1 cm³/mol. The fourth-order valence-electron chi connectivity index (χ4n) is 1.33. The second kappa shape index (κ2) is 4.09. The molecule has 0 atom stereocenters. The van der Waals surface area contributed by atoms with Crippen LogP contribution in [0.15, 0.2) is 12.3 Å². The van der Waals surface area contributed by atoms with Crippen LogP contribution in [-0.2, 0) is 0 Å². The van der Waals surface area contributed by atoms with Crippen LogP contribution in [0.3, 0.4) is 0 Å². The maximum absolute atomic E-state index is 11.9. The van der Waals surface area contributed by atoms with E-state index in [1.807, 2.05) is 26.8 Å². The molecule has 0 unspecified atom stereocenters. The fourth-order valence-corrected chi connectivity index (χ4v) is 2.26. The Hall–Kier alpha value is -1.62. The molecule has 5 heteroatoms. The van der Waals surface area contributed by atoms with Crippen LogP contribution in [0.2, 0.25) is 0 Å². The molecule has 84 valence electrons. The number of aromatic nitrogens is 2. The Balaban J connectivity index is 2.18. The number of thiophene rings is 1. The number of carbonyl (C=O) groups excluding carboxylic acids is 1. The van der Waals surface area contributed by atoms with Crippen molar-refractivity contribution in [2.75, 3.05) is 5.32 Å². The van der Waals surface area contributed by atoms with Gasteiger partial charge in [0, 0.05) is 10.4 Å². The maximum atomic E-state index is 11.9. The molecule has 0 aliphatic rings. The number of hydrogen-bond acceptors (Lipinski definition) is 3. The van der Waals surface area contributed by atoms with Gasteiger partial charge in [-0.15, -0.1) is 11.3 Å². The highest BCUT2D eigenvalue weighted by molar-refractivity contribution is 7.14. The third kappa shape index (κ3) is 1.99. The molecule has 0 saturated heterocycles. The minimum atomic E-state index is -0.0893. The molecule has 2 aromatic rings. The molecule has 0 spiro atoms. The fraction of sp³-hybridized carbons (Fsp3) is 0.273. The quantitative estimate of drug-likeness (QED) is 0.840. The topological polar surface area (TPSA) is 57.8 Å². The zero-order valence-corrected chi connectivity index (χ0v) is 10.2. The molecule has 0 radical (unpaired) electrons. The highest BCUT2D eigenvalue weighted by Crippen LogP contribution is 2.21. The first kappa shape index (κ1) is 10.9. The number of aromatic amines is 1. The highest BCUT2D eigenvalue weighted by atomic mass is 32.1. The van der Waals surface area contributed by atoms with E-state index >= 15 is 0 Å². The minimum absolute atomic E-state index is 0.0893. The van der Waals surface area contributed by atoms with Crippen molar-refractivity contribution < 1.29 is 4.79 Å². The Morgan fingerprint density at radius 1 is 1.38 bits per heavy atom. The van der Waals surface area contributed by atoms with Gasteiger partial charge in [0.25, 0.3) is 5.91 Å². The van der Waals surface area contributed by atoms with E-state index in [2.05, 4.69) is 15.5 Å². The largest absolute Gasteiger partial charge is 0.306 e. The molecule has 0 bridgehead atoms. The molecule has 0 aliphatic carbocycles. The summed E-state index contributed by atoms with van der Waals surface area (Å²) >= 11 is 1.50. The molecule has 16 heavy (non-hydrogen) atoms. The number of nitrogens with zero attached hydrogens (tertiary/aromatic N) is 1. The van der Waals surface area contributed by atoms with Crippen LogP contribution in [0.1, 0.15) is 25.7 Å². The molecular formula is C11H13N3OS. The molecule has 0 aromatic carbocycles. The number of H-pyrrole nitrogens is 1. The van der Waals surface area contributed by atoms with Gasteiger partial charge in [-0.1, -0.05) is 0 Å². The zero-order valence-electron chi connectivity index (χ0n) is 9.42. The van der Waals surface area contributed by atoms with Gasteiger partial charge < -0.3 is 5.32 Å². The van der Waals surface area contributed by atoms with E-state index in [-0.39, 0.29) is 5.91 Å². The van der Waals surface area contributed by atoms with Gasteiger partial charge in [-0.25, -0.2) is 0 Å². The molecule has 2 heterocycles. The van der Waals surface area contributed by atoms with Crippen LogP contribution < -0.4 is 5.32 Å². The van der Waals surface area contributed by atoms with Crippen molar-refractivity contribution in [3.8, 4) is 0 Å². The molecule has 2 N–H and O–H groups in total. The SMILES string of the molecule is Cc1cn[nH]c1NC(=O)c1cc(C)c(C)s1. The molecule has 0 aliphatic heterocycles. The Morgan fingerprint density at radius 2 is 2.12 bits per heavy atom. The molecular weight excluding hydrogens is 222 g/mol. The van der Waals surface area contributed by atoms with Crippen molar-refractivity contribution in [3.05, 3.63) is 33.1 Å². The molecule has 2 aromatic heterocycles. The zero-order chi connectivity index (χ0) is 11.7. The highest BCUT2D eigenvalue weighted by Gasteiger charge is 2.12. The van der Waals surface area contributed by atoms with Crippen LogP contribution in [0.4, 0.5) is 5.82 Å². The third-order valence-electron chi connectivity index (χ3n) is 2.46. The number of rotatable bonds is 2. The number of aryl methyl sites for hydroxylation is 3. The number of carbonyl (C=O) groups is 1. The summed E-state index contributed by atoms with van der Waals surface area (Å²) < 4.78 is 0. The van der Waals surface area contributed by atoms with E-state index in [9.17, 15) is 4.79 Å². The van der Waals surface area contributed by atoms with Crippen LogP contribution in [-0.4, -0.2) is 16.1 Å². The predicted octanol–water partition coefficient (Wildman–Crippen LogP) is 2.65. The lowest BCUT2D eigenvalue weighted by Gasteiger charge is -2.00. The smallest absolute Gasteiger partial charge is 0.266 e. The van der Waals surface area contributed by atoms with Crippen LogP contribution >= 0.6 is 11.3 Å². The summed E-state index contributed by atoms with van der Waals surface area (Å²) in [5.74, 6) is 0.572. The van der Waals surface area contributed by atoms with E-state index in [1.54, 1.807) is 6.20 Å². The molecule has 0 fully saturated rings. The second-order valence-electron chi connectivity index (χ2n) is 3.73. The number of anilines is 1. The number of nitrogens with one attached hydrogen (secondary N) is 2. The normalized spacial score (nSPS) is 10.4. The molecule has 1 amide bonds. The van der Waals surface area contributed by atoms with Gasteiger partial charge in [0.05, 0.1) is 11.1 Å². The first-order valence-corrected chi connectivity index (χ1v) is 5.78. The maximum Gasteiger partial charge on any atom is 0.266 e. The third-order valence-corrected chi connectivity index (χ3v) is 3.61. The Kier molecular flexibility index (Phi) is 2.78. The van der Waals surface area contributed by atoms with Crippen LogP contribution in [0, 0.1) is 20.8 Å². The van der Waals surface area contributed by atoms with E-state index in [0.29, 0.717) is 5.82 Å². The van der Waals surface area contributed by atoms with Crippen molar-refractivity contribution >= 4 is 23.1 Å². The molecule has 2 rings (SSSR count). The van der Waals surface area contributed by atoms with E-state index in [0.717, 1.165) is 16.0 Å². The van der Waals surface area contributed by atoms with Crippen LogP contribution in [0.25, 0.3) is 0 Å². The Morgan fingerprint density at radius 3 is 2.62 bits per heavy atom. The average molecular weight is 235 g/mol. The van der Waals surface area contributed by atoms with E-state index in [1.165, 1.54) is 16.2 Å². The van der Waals surface area contributed by atoms with Crippen molar-refractivity contribution in [1.82, 2.24) is 10.2 Å². The summed E-state index contributed by atoms with van der Waals surface area (Å²) in [4.78, 5) is 13.8. The Bertz CT molecular complexity index is 508. The average Bonchev–Trinajstić information content (AvgIpc) is 2.76. The monoisotopic (exact) mass is 235 g/mol. The van der Waals surface area contributed by atoms with Gasteiger partial charge >= 0.3 is 0 Å². The van der Waals surface area contributed by atoms with Gasteiger partial charge in [0.1, 0.15) is 5.82 Å².